The molecule has 0 N–H and O–H groups in total. The van der Waals surface area contributed by atoms with Gasteiger partial charge >= 0.3 is 0 Å². The topological polar surface area (TPSA) is 0 Å². The number of hydrogen-bond donors (Lipinski definition) is 0. The van der Waals surface area contributed by atoms with Crippen LogP contribution in [0.15, 0.2) is 46.7 Å². The lowest BCUT2D eigenvalue weighted by Gasteiger charge is -2.52. The molecule has 0 bridgehead atoms. The van der Waals surface area contributed by atoms with Crippen molar-refractivity contribution < 1.29 is 0 Å². The van der Waals surface area contributed by atoms with Gasteiger partial charge in [-0.2, -0.15) is 11.8 Å². The zero-order valence-electron chi connectivity index (χ0n) is 16.1. The van der Waals surface area contributed by atoms with E-state index in [-0.39, 0.29) is 5.41 Å². The highest BCUT2D eigenvalue weighted by Gasteiger charge is 2.53. The highest BCUT2D eigenvalue weighted by Crippen LogP contribution is 2.55. The monoisotopic (exact) mass is 346 g/mol. The number of rotatable bonds is 5. The third-order valence-corrected chi connectivity index (χ3v) is 13.1. The fourth-order valence-electron chi connectivity index (χ4n) is 3.98. The molecule has 0 fully saturated rings. The molecule has 23 heavy (non-hydrogen) atoms. The van der Waals surface area contributed by atoms with Gasteiger partial charge in [-0.3, -0.25) is 0 Å². The first-order valence-electron chi connectivity index (χ1n) is 9.05. The lowest BCUT2D eigenvalue weighted by atomic mass is 9.80. The van der Waals surface area contributed by atoms with Crippen LogP contribution in [0, 0.1) is 5.41 Å². The fraction of sp³-hybridized carbons (Fsp3) is 0.619. The largest absolute Gasteiger partial charge is 0.153 e. The van der Waals surface area contributed by atoms with Gasteiger partial charge in [0.1, 0.15) is 8.07 Å². The lowest BCUT2D eigenvalue weighted by molar-refractivity contribution is 0.469. The Morgan fingerprint density at radius 2 is 1.91 bits per heavy atom. The smallest absolute Gasteiger partial charge is 0.103 e. The Bertz CT molecular complexity index is 569. The Hall–Kier alpha value is -0.473. The van der Waals surface area contributed by atoms with Crippen LogP contribution in [0.4, 0.5) is 0 Å². The van der Waals surface area contributed by atoms with Gasteiger partial charge in [-0.05, 0) is 37.4 Å². The van der Waals surface area contributed by atoms with E-state index in [0.717, 1.165) is 6.42 Å². The molecule has 0 spiro atoms. The third-order valence-electron chi connectivity index (χ3n) is 5.38. The second-order valence-electron chi connectivity index (χ2n) is 8.56. The van der Waals surface area contributed by atoms with Gasteiger partial charge in [0.2, 0.25) is 0 Å². The van der Waals surface area contributed by atoms with E-state index in [9.17, 15) is 0 Å². The predicted octanol–water partition coefficient (Wildman–Crippen LogP) is 6.86. The van der Waals surface area contributed by atoms with Crippen molar-refractivity contribution in [2.24, 2.45) is 5.41 Å². The summed E-state index contributed by atoms with van der Waals surface area (Å²) in [7, 11) is -1.63. The van der Waals surface area contributed by atoms with Crippen molar-refractivity contribution in [3.63, 3.8) is 0 Å². The Morgan fingerprint density at radius 3 is 2.43 bits per heavy atom. The van der Waals surface area contributed by atoms with E-state index < -0.39 is 8.07 Å². The SMILES string of the molecule is CCCSC1([Si](C)(C)C2=CCC=C2)CC=C(C)C=C1C(C)(C)C. The van der Waals surface area contributed by atoms with Crippen molar-refractivity contribution in [2.75, 3.05) is 5.75 Å². The van der Waals surface area contributed by atoms with Crippen LogP contribution in [-0.2, 0) is 0 Å². The standard InChI is InChI=1S/C21H34SSi/c1-8-15-22-21(23(6,7)18-11-9-10-12-18)14-13-17(2)16-19(21)20(3,4)5/h9,11-13,16H,8,10,14-15H2,1-7H3. The van der Waals surface area contributed by atoms with E-state index in [1.165, 1.54) is 24.2 Å². The maximum atomic E-state index is 2.60. The summed E-state index contributed by atoms with van der Waals surface area (Å²) >= 11 is 2.25. The third kappa shape index (κ3) is 3.49. The van der Waals surface area contributed by atoms with Gasteiger partial charge < -0.3 is 0 Å². The molecule has 0 radical (unpaired) electrons. The molecule has 0 nitrogen and oxygen atoms in total. The Labute approximate surface area is 149 Å². The van der Waals surface area contributed by atoms with Gasteiger partial charge in [0.15, 0.2) is 0 Å². The number of hydrogen-bond acceptors (Lipinski definition) is 1. The molecule has 0 saturated carbocycles. The zero-order chi connectivity index (χ0) is 17.3. The predicted molar refractivity (Wildman–Crippen MR) is 111 cm³/mol. The van der Waals surface area contributed by atoms with Crippen LogP contribution < -0.4 is 0 Å². The van der Waals surface area contributed by atoms with Crippen molar-refractivity contribution in [1.82, 2.24) is 0 Å². The van der Waals surface area contributed by atoms with Crippen molar-refractivity contribution in [3.8, 4) is 0 Å². The summed E-state index contributed by atoms with van der Waals surface area (Å²) in [5, 5.41) is 1.66. The quantitative estimate of drug-likeness (QED) is 0.490. The minimum atomic E-state index is -1.63. The van der Waals surface area contributed by atoms with E-state index in [1.807, 2.05) is 0 Å². The molecule has 0 amide bonds. The van der Waals surface area contributed by atoms with E-state index in [0.29, 0.717) is 4.37 Å². The van der Waals surface area contributed by atoms with Gasteiger partial charge in [0.05, 0.1) is 0 Å². The average molecular weight is 347 g/mol. The minimum Gasteiger partial charge on any atom is -0.153 e. The summed E-state index contributed by atoms with van der Waals surface area (Å²) in [5.41, 5.74) is 3.35. The van der Waals surface area contributed by atoms with Gasteiger partial charge in [0.25, 0.3) is 0 Å². The first-order chi connectivity index (χ1) is 10.6. The molecule has 2 rings (SSSR count). The molecule has 128 valence electrons. The molecule has 2 aliphatic carbocycles. The number of thioether (sulfide) groups is 1. The minimum absolute atomic E-state index is 0.226. The summed E-state index contributed by atoms with van der Waals surface area (Å²) in [6.07, 6.45) is 15.9. The molecule has 0 aliphatic heterocycles. The molecule has 0 aromatic rings. The Balaban J connectivity index is 2.59. The van der Waals surface area contributed by atoms with Crippen LogP contribution >= 0.6 is 11.8 Å². The highest BCUT2D eigenvalue weighted by atomic mass is 32.2. The zero-order valence-corrected chi connectivity index (χ0v) is 17.9. The maximum Gasteiger partial charge on any atom is 0.103 e. The summed E-state index contributed by atoms with van der Waals surface area (Å²) in [5.74, 6) is 1.26. The van der Waals surface area contributed by atoms with Crippen LogP contribution in [0.3, 0.4) is 0 Å². The van der Waals surface area contributed by atoms with Gasteiger partial charge in [-0.15, -0.1) is 0 Å². The fourth-order valence-corrected chi connectivity index (χ4v) is 10.7. The van der Waals surface area contributed by atoms with Crippen molar-refractivity contribution >= 4 is 19.8 Å². The van der Waals surface area contributed by atoms with E-state index >= 15 is 0 Å². The first kappa shape index (κ1) is 18.9. The molecular weight excluding hydrogens is 312 g/mol. The maximum absolute atomic E-state index is 2.60. The summed E-state index contributed by atoms with van der Waals surface area (Å²) in [4.78, 5) is 0. The van der Waals surface area contributed by atoms with Crippen LogP contribution in [0.1, 0.15) is 53.9 Å². The van der Waals surface area contributed by atoms with Crippen molar-refractivity contribution in [1.29, 1.82) is 0 Å². The Morgan fingerprint density at radius 1 is 1.22 bits per heavy atom. The van der Waals surface area contributed by atoms with E-state index in [1.54, 1.807) is 10.8 Å². The Kier molecular flexibility index (Phi) is 5.57. The van der Waals surface area contributed by atoms with Crippen LogP contribution in [-0.4, -0.2) is 18.2 Å². The average Bonchev–Trinajstić information content (AvgIpc) is 3.00. The molecule has 0 aromatic heterocycles. The molecule has 1 atom stereocenters. The summed E-state index contributed by atoms with van der Waals surface area (Å²) < 4.78 is 0.293. The molecule has 0 heterocycles. The summed E-state index contributed by atoms with van der Waals surface area (Å²) in [6, 6.07) is 0. The van der Waals surface area contributed by atoms with E-state index in [2.05, 4.69) is 89.9 Å². The number of allylic oxidation sites excluding steroid dienone is 7. The molecule has 0 saturated heterocycles. The normalized spacial score (nSPS) is 25.3. The lowest BCUT2D eigenvalue weighted by Crippen LogP contribution is -2.57. The van der Waals surface area contributed by atoms with E-state index in [4.69, 9.17) is 0 Å². The van der Waals surface area contributed by atoms with Gasteiger partial charge in [-0.25, -0.2) is 0 Å². The van der Waals surface area contributed by atoms with Crippen LogP contribution in [0.2, 0.25) is 13.1 Å². The van der Waals surface area contributed by atoms with Crippen molar-refractivity contribution in [3.05, 3.63) is 46.7 Å². The van der Waals surface area contributed by atoms with Gasteiger partial charge in [0, 0.05) is 4.37 Å². The van der Waals surface area contributed by atoms with Crippen LogP contribution in [0.5, 0.6) is 0 Å². The van der Waals surface area contributed by atoms with Crippen LogP contribution in [0.25, 0.3) is 0 Å². The second-order valence-corrected chi connectivity index (χ2v) is 15.0. The molecule has 1 unspecified atom stereocenters. The molecular formula is C21H34SSi. The molecule has 0 aromatic carbocycles. The molecule has 2 heteroatoms. The second kappa shape index (κ2) is 6.80. The molecule has 2 aliphatic rings. The summed E-state index contributed by atoms with van der Waals surface area (Å²) in [6.45, 7) is 17.0. The highest BCUT2D eigenvalue weighted by molar-refractivity contribution is 8.02. The first-order valence-corrected chi connectivity index (χ1v) is 13.0. The van der Waals surface area contributed by atoms with Crippen molar-refractivity contribution in [2.45, 2.75) is 71.3 Å². The van der Waals surface area contributed by atoms with Gasteiger partial charge in [-0.1, -0.05) is 87.5 Å².